The van der Waals surface area contributed by atoms with Crippen LogP contribution < -0.4 is 10.6 Å². The van der Waals surface area contributed by atoms with Crippen molar-refractivity contribution in [2.45, 2.75) is 146 Å². The number of nitrogens with one attached hydrogen (secondary N) is 2. The standard InChI is InChI=1S/C48H69BF2N4O4/c1-29-17-22-48(43(58)53-26-25-52-41(57)16-13-34-11-12-35-28-37-30(2)27-31(3)54(37)49(50,51)55(34)35)24-23-46(9)36(42(48)32(29)4)14-15-39-45(8)20-19-40(59-33(5)56)44(6,7)38(45)18-21-47(39,46)10/h11-12,14,27-29,32,38-40,42H,13,15-26H2,1-10H3,(H,52,57)(H,53,58)/t29-,32+,38+,39-,40+,42+,45+,46-,47-,48+/m1/s1. The van der Waals surface area contributed by atoms with Crippen LogP contribution in [-0.4, -0.2) is 58.6 Å². The fourth-order valence-electron chi connectivity index (χ4n) is 15.0. The third-order valence-corrected chi connectivity index (χ3v) is 18.4. The molecule has 4 fully saturated rings. The second-order valence-corrected chi connectivity index (χ2v) is 21.4. The van der Waals surface area contributed by atoms with Crippen LogP contribution in [0.15, 0.2) is 35.6 Å². The molecule has 2 aliphatic heterocycles. The summed E-state index contributed by atoms with van der Waals surface area (Å²) in [5.41, 5.74) is 3.93. The average Bonchev–Trinajstić information content (AvgIpc) is 3.72. The van der Waals surface area contributed by atoms with Gasteiger partial charge in [0.15, 0.2) is 5.70 Å². The molecular weight excluding hydrogens is 745 g/mol. The number of hydrogen-bond acceptors (Lipinski definition) is 4. The van der Waals surface area contributed by atoms with E-state index < -0.39 is 12.4 Å². The highest BCUT2D eigenvalue weighted by Crippen LogP contribution is 2.76. The van der Waals surface area contributed by atoms with Crippen molar-refractivity contribution in [3.63, 3.8) is 0 Å². The number of hydrogen-bond donors (Lipinski definition) is 2. The van der Waals surface area contributed by atoms with Gasteiger partial charge in [0.05, 0.1) is 5.41 Å². The lowest BCUT2D eigenvalue weighted by Gasteiger charge is -2.71. The Kier molecular flexibility index (Phi) is 10.2. The molecule has 0 unspecified atom stereocenters. The minimum atomic E-state index is -4.07. The van der Waals surface area contributed by atoms with E-state index in [1.165, 1.54) is 12.5 Å². The van der Waals surface area contributed by atoms with E-state index in [2.05, 4.69) is 65.2 Å². The smallest absolute Gasteiger partial charge is 0.462 e. The fraction of sp³-hybridized carbons (Fsp3) is 0.708. The van der Waals surface area contributed by atoms with Gasteiger partial charge in [-0.3, -0.25) is 14.4 Å². The van der Waals surface area contributed by atoms with Crippen LogP contribution in [0.25, 0.3) is 6.08 Å². The van der Waals surface area contributed by atoms with Gasteiger partial charge in [-0.15, -0.1) is 0 Å². The Bertz CT molecular complexity index is 2080. The lowest BCUT2D eigenvalue weighted by atomic mass is 9.33. The second kappa shape index (κ2) is 14.3. The monoisotopic (exact) mass is 815 g/mol. The van der Waals surface area contributed by atoms with Crippen molar-refractivity contribution in [1.29, 1.82) is 0 Å². The van der Waals surface area contributed by atoms with Crippen molar-refractivity contribution in [2.24, 2.45) is 56.7 Å². The van der Waals surface area contributed by atoms with Gasteiger partial charge in [0.25, 0.3) is 0 Å². The predicted molar refractivity (Wildman–Crippen MR) is 229 cm³/mol. The Morgan fingerprint density at radius 1 is 0.932 bits per heavy atom. The summed E-state index contributed by atoms with van der Waals surface area (Å²) in [6.45, 7) is 18.7. The number of rotatable bonds is 8. The van der Waals surface area contributed by atoms with Crippen molar-refractivity contribution < 1.29 is 32.2 Å². The first kappa shape index (κ1) is 42.2. The number of amides is 2. The fourth-order valence-corrected chi connectivity index (χ4v) is 15.0. The minimum absolute atomic E-state index is 0.0151. The van der Waals surface area contributed by atoms with Crippen LogP contribution in [0.5, 0.6) is 0 Å². The number of carbonyl (C=O) groups is 3. The summed E-state index contributed by atoms with van der Waals surface area (Å²) in [6, 6.07) is 1.79. The summed E-state index contributed by atoms with van der Waals surface area (Å²) in [5.74, 6) is 1.75. The summed E-state index contributed by atoms with van der Waals surface area (Å²) in [5, 5.41) is 6.25. The maximum absolute atomic E-state index is 15.9. The summed E-state index contributed by atoms with van der Waals surface area (Å²) in [4.78, 5) is 39.8. The van der Waals surface area contributed by atoms with Crippen molar-refractivity contribution in [2.75, 3.05) is 13.1 Å². The minimum Gasteiger partial charge on any atom is -0.462 e. The summed E-state index contributed by atoms with van der Waals surface area (Å²) in [7, 11) is 0. The summed E-state index contributed by atoms with van der Waals surface area (Å²) >= 11 is 0. The molecule has 1 aromatic heterocycles. The van der Waals surface area contributed by atoms with Crippen LogP contribution in [0.3, 0.4) is 0 Å². The Morgan fingerprint density at radius 3 is 2.39 bits per heavy atom. The van der Waals surface area contributed by atoms with Gasteiger partial charge >= 0.3 is 12.9 Å². The molecule has 0 radical (unpaired) electrons. The maximum Gasteiger partial charge on any atom is 0.737 e. The number of allylic oxidation sites excluding steroid dienone is 4. The van der Waals surface area contributed by atoms with Crippen LogP contribution in [0.4, 0.5) is 8.63 Å². The first-order valence-corrected chi connectivity index (χ1v) is 22.8. The van der Waals surface area contributed by atoms with Gasteiger partial charge in [-0.05, 0) is 135 Å². The van der Waals surface area contributed by atoms with Crippen molar-refractivity contribution in [3.8, 4) is 0 Å². The van der Waals surface area contributed by atoms with Gasteiger partial charge in [-0.25, -0.2) is 0 Å². The van der Waals surface area contributed by atoms with Crippen LogP contribution >= 0.6 is 0 Å². The molecule has 0 bridgehead atoms. The molecule has 5 aliphatic carbocycles. The van der Waals surface area contributed by atoms with Gasteiger partial charge in [0.1, 0.15) is 11.8 Å². The molecule has 0 saturated heterocycles. The topological polar surface area (TPSA) is 92.4 Å². The SMILES string of the molecule is CC(=O)O[C@H]1CC[C@]2(C)[C@H]3CC=C4[C@@H]5[C@@H](C)[C@H](C)CC[C@]5(C(=O)NCCNC(=O)CCC5=[N+]6C(=Cc7c(C)cc(C)n7[B-]6(F)F)C=C5)CC[C@@]4(C)[C@]3(C)CC[C@H]2C1(C)C. The highest BCUT2D eigenvalue weighted by atomic mass is 19.2. The van der Waals surface area contributed by atoms with E-state index >= 15 is 8.63 Å². The summed E-state index contributed by atoms with van der Waals surface area (Å²) < 4.78 is 40.0. The van der Waals surface area contributed by atoms with Crippen LogP contribution in [-0.2, 0) is 19.1 Å². The molecule has 3 heterocycles. The molecule has 1 aromatic rings. The Labute approximate surface area is 351 Å². The van der Waals surface area contributed by atoms with E-state index in [0.29, 0.717) is 53.0 Å². The van der Waals surface area contributed by atoms with E-state index in [-0.39, 0.29) is 70.9 Å². The van der Waals surface area contributed by atoms with E-state index in [0.717, 1.165) is 72.3 Å². The van der Waals surface area contributed by atoms with E-state index in [4.69, 9.17) is 4.74 Å². The van der Waals surface area contributed by atoms with Crippen LogP contribution in [0.1, 0.15) is 143 Å². The Hall–Kier alpha value is -3.50. The first-order valence-electron chi connectivity index (χ1n) is 22.8. The van der Waals surface area contributed by atoms with Crippen LogP contribution in [0, 0.1) is 70.5 Å². The molecule has 0 spiro atoms. The third-order valence-electron chi connectivity index (χ3n) is 18.4. The van der Waals surface area contributed by atoms with Crippen molar-refractivity contribution in [3.05, 3.63) is 52.5 Å². The number of aromatic nitrogens is 1. The third kappa shape index (κ3) is 6.13. The number of aryl methyl sites for hydroxylation is 2. The zero-order chi connectivity index (χ0) is 42.7. The largest absolute Gasteiger partial charge is 0.737 e. The lowest BCUT2D eigenvalue weighted by molar-refractivity contribution is -0.362. The molecule has 2 N–H and O–H groups in total. The molecule has 8 nitrogen and oxygen atoms in total. The number of fused-ring (bicyclic) bond motifs is 9. The second-order valence-electron chi connectivity index (χ2n) is 21.4. The molecule has 10 atom stereocenters. The number of halogens is 2. The highest BCUT2D eigenvalue weighted by molar-refractivity contribution is 6.58. The average molecular weight is 815 g/mol. The van der Waals surface area contributed by atoms with E-state index in [9.17, 15) is 14.4 Å². The van der Waals surface area contributed by atoms with Gasteiger partial charge in [0.2, 0.25) is 11.8 Å². The highest BCUT2D eigenvalue weighted by Gasteiger charge is 2.69. The number of nitrogens with zero attached hydrogens (tertiary/aromatic N) is 2. The number of ether oxygens (including phenoxy) is 1. The molecule has 0 aromatic carbocycles. The number of esters is 1. The van der Waals surface area contributed by atoms with Crippen molar-refractivity contribution >= 4 is 36.5 Å². The van der Waals surface area contributed by atoms with E-state index in [1.54, 1.807) is 31.2 Å². The maximum atomic E-state index is 15.9. The molecule has 11 heteroatoms. The molecule has 8 rings (SSSR count). The van der Waals surface area contributed by atoms with Gasteiger partial charge in [0, 0.05) is 62.2 Å². The van der Waals surface area contributed by atoms with Gasteiger partial charge in [-0.2, -0.15) is 0 Å². The predicted octanol–water partition coefficient (Wildman–Crippen LogP) is 9.31. The molecule has 2 amide bonds. The molecular formula is C48H69BF2N4O4. The summed E-state index contributed by atoms with van der Waals surface area (Å²) in [6.07, 6.45) is 17.0. The Balaban J connectivity index is 0.940. The van der Waals surface area contributed by atoms with Crippen LogP contribution in [0.2, 0.25) is 0 Å². The van der Waals surface area contributed by atoms with Crippen molar-refractivity contribution in [1.82, 2.24) is 15.1 Å². The Morgan fingerprint density at radius 2 is 1.66 bits per heavy atom. The zero-order valence-electron chi connectivity index (χ0n) is 37.4. The first-order chi connectivity index (χ1) is 27.6. The van der Waals surface area contributed by atoms with Gasteiger partial charge < -0.3 is 33.0 Å². The molecule has 322 valence electrons. The van der Waals surface area contributed by atoms with Gasteiger partial charge in [-0.1, -0.05) is 60.1 Å². The normalized spacial score (nSPS) is 38.6. The van der Waals surface area contributed by atoms with E-state index in [1.807, 2.05) is 6.92 Å². The lowest BCUT2D eigenvalue weighted by Crippen LogP contribution is -2.66. The number of carbonyl (C=O) groups excluding carboxylic acids is 3. The molecule has 7 aliphatic rings. The quantitative estimate of drug-likeness (QED) is 0.119. The molecule has 4 saturated carbocycles. The molecule has 59 heavy (non-hydrogen) atoms. The zero-order valence-corrected chi connectivity index (χ0v) is 37.4.